The molecule has 0 spiro atoms. The minimum Gasteiger partial charge on any atom is -0.472 e. The number of rotatable bonds is 4. The van der Waals surface area contributed by atoms with Crippen LogP contribution >= 0.6 is 0 Å². The Kier molecular flexibility index (Phi) is 4.89. The van der Waals surface area contributed by atoms with E-state index in [0.29, 0.717) is 26.2 Å². The zero-order chi connectivity index (χ0) is 18.3. The molecule has 0 radical (unpaired) electrons. The lowest BCUT2D eigenvalue weighted by atomic mass is 10.1. The first-order chi connectivity index (χ1) is 12.4. The maximum atomic E-state index is 12.7. The first-order valence-corrected chi connectivity index (χ1v) is 10.8. The normalized spacial score (nSPS) is 25.4. The highest BCUT2D eigenvalue weighted by molar-refractivity contribution is 7.86. The molecule has 9 heteroatoms. The third kappa shape index (κ3) is 3.45. The van der Waals surface area contributed by atoms with E-state index in [0.717, 1.165) is 61.9 Å². The summed E-state index contributed by atoms with van der Waals surface area (Å²) in [6.07, 6.45) is 2.84. The summed E-state index contributed by atoms with van der Waals surface area (Å²) in [4.78, 5) is 11.1. The van der Waals surface area contributed by atoms with Gasteiger partial charge in [0.2, 0.25) is 5.88 Å². The van der Waals surface area contributed by atoms with Crippen LogP contribution in [0.4, 0.5) is 0 Å². The van der Waals surface area contributed by atoms with Crippen molar-refractivity contribution in [1.82, 2.24) is 23.5 Å². The van der Waals surface area contributed by atoms with E-state index in [1.54, 1.807) is 8.61 Å². The predicted octanol–water partition coefficient (Wildman–Crippen LogP) is 0.355. The molecule has 0 aliphatic carbocycles. The SMILES string of the molecule is Cc1nc(C)c2c(n1)OC(CN1CCN(S(=O)(=O)N3CCCC3)CC1)C2. The van der Waals surface area contributed by atoms with E-state index in [2.05, 4.69) is 14.9 Å². The second kappa shape index (κ2) is 7.03. The molecule has 144 valence electrons. The molecule has 8 nitrogen and oxygen atoms in total. The van der Waals surface area contributed by atoms with Gasteiger partial charge in [0.1, 0.15) is 11.9 Å². The summed E-state index contributed by atoms with van der Waals surface area (Å²) in [5, 5.41) is 0. The molecule has 1 aromatic heterocycles. The maximum Gasteiger partial charge on any atom is 0.282 e. The van der Waals surface area contributed by atoms with E-state index in [9.17, 15) is 8.42 Å². The Labute approximate surface area is 155 Å². The van der Waals surface area contributed by atoms with Crippen molar-refractivity contribution < 1.29 is 13.2 Å². The third-order valence-corrected chi connectivity index (χ3v) is 7.54. The van der Waals surface area contributed by atoms with Gasteiger partial charge in [-0.2, -0.15) is 22.0 Å². The van der Waals surface area contributed by atoms with Crippen LogP contribution in [0.5, 0.6) is 5.88 Å². The van der Waals surface area contributed by atoms with Gasteiger partial charge in [-0.15, -0.1) is 0 Å². The van der Waals surface area contributed by atoms with E-state index in [-0.39, 0.29) is 6.10 Å². The quantitative estimate of drug-likeness (QED) is 0.749. The van der Waals surface area contributed by atoms with Crippen molar-refractivity contribution in [3.63, 3.8) is 0 Å². The minimum atomic E-state index is -3.28. The van der Waals surface area contributed by atoms with Crippen molar-refractivity contribution in [1.29, 1.82) is 0 Å². The Hall–Kier alpha value is -1.29. The molecule has 0 amide bonds. The molecule has 0 N–H and O–H groups in total. The van der Waals surface area contributed by atoms with Crippen LogP contribution in [0.25, 0.3) is 0 Å². The average molecular weight is 382 g/mol. The standard InChI is InChI=1S/C17H27N5O3S/c1-13-16-11-15(25-17(16)19-14(2)18-13)12-20-7-9-22(10-8-20)26(23,24)21-5-3-4-6-21/h15H,3-12H2,1-2H3. The van der Waals surface area contributed by atoms with E-state index in [1.165, 1.54) is 0 Å². The summed E-state index contributed by atoms with van der Waals surface area (Å²) in [6.45, 7) is 8.59. The monoisotopic (exact) mass is 381 g/mol. The molecule has 0 bridgehead atoms. The van der Waals surface area contributed by atoms with Gasteiger partial charge in [-0.1, -0.05) is 0 Å². The molecule has 26 heavy (non-hydrogen) atoms. The van der Waals surface area contributed by atoms with Crippen LogP contribution in [0.3, 0.4) is 0 Å². The number of fused-ring (bicyclic) bond motifs is 1. The fourth-order valence-electron chi connectivity index (χ4n) is 4.08. The van der Waals surface area contributed by atoms with E-state index < -0.39 is 10.2 Å². The van der Waals surface area contributed by atoms with Crippen LogP contribution in [0.15, 0.2) is 0 Å². The number of hydrogen-bond donors (Lipinski definition) is 0. The van der Waals surface area contributed by atoms with Gasteiger partial charge in [-0.3, -0.25) is 4.90 Å². The van der Waals surface area contributed by atoms with Gasteiger partial charge in [-0.25, -0.2) is 4.98 Å². The van der Waals surface area contributed by atoms with Crippen molar-refractivity contribution >= 4 is 10.2 Å². The van der Waals surface area contributed by atoms with Crippen LogP contribution in [0.1, 0.15) is 29.9 Å². The number of nitrogens with zero attached hydrogens (tertiary/aromatic N) is 5. The molecule has 2 saturated heterocycles. The van der Waals surface area contributed by atoms with Crippen LogP contribution in [-0.2, 0) is 16.6 Å². The predicted molar refractivity (Wildman–Crippen MR) is 97.4 cm³/mol. The molecule has 0 saturated carbocycles. The number of aromatic nitrogens is 2. The molecular weight excluding hydrogens is 354 g/mol. The van der Waals surface area contributed by atoms with Crippen molar-refractivity contribution in [3.05, 3.63) is 17.1 Å². The van der Waals surface area contributed by atoms with Gasteiger partial charge >= 0.3 is 0 Å². The number of aryl methyl sites for hydroxylation is 2. The van der Waals surface area contributed by atoms with E-state index in [1.807, 2.05) is 13.8 Å². The maximum absolute atomic E-state index is 12.7. The molecule has 4 rings (SSSR count). The summed E-state index contributed by atoms with van der Waals surface area (Å²) < 4.78 is 34.6. The number of piperazine rings is 1. The van der Waals surface area contributed by atoms with Crippen molar-refractivity contribution in [2.75, 3.05) is 45.8 Å². The summed E-state index contributed by atoms with van der Waals surface area (Å²) >= 11 is 0. The van der Waals surface area contributed by atoms with Crippen molar-refractivity contribution in [2.24, 2.45) is 0 Å². The topological polar surface area (TPSA) is 78.9 Å². The summed E-state index contributed by atoms with van der Waals surface area (Å²) in [5.41, 5.74) is 2.10. The van der Waals surface area contributed by atoms with Crippen LogP contribution in [-0.4, -0.2) is 83.8 Å². The van der Waals surface area contributed by atoms with Crippen LogP contribution in [0.2, 0.25) is 0 Å². The molecule has 4 heterocycles. The molecule has 1 atom stereocenters. The van der Waals surface area contributed by atoms with Crippen LogP contribution < -0.4 is 4.74 Å². The largest absolute Gasteiger partial charge is 0.472 e. The zero-order valence-corrected chi connectivity index (χ0v) is 16.3. The van der Waals surface area contributed by atoms with Gasteiger partial charge < -0.3 is 4.74 Å². The molecular formula is C17H27N5O3S. The first-order valence-electron chi connectivity index (χ1n) is 9.42. The molecule has 0 aromatic carbocycles. The van der Waals surface area contributed by atoms with Crippen molar-refractivity contribution in [2.45, 2.75) is 39.2 Å². The highest BCUT2D eigenvalue weighted by Gasteiger charge is 2.35. The molecule has 3 aliphatic heterocycles. The fourth-order valence-corrected chi connectivity index (χ4v) is 5.75. The Morgan fingerprint density at radius 1 is 1.00 bits per heavy atom. The highest BCUT2D eigenvalue weighted by Crippen LogP contribution is 2.29. The summed E-state index contributed by atoms with van der Waals surface area (Å²) in [6, 6.07) is 0. The Morgan fingerprint density at radius 2 is 1.65 bits per heavy atom. The summed E-state index contributed by atoms with van der Waals surface area (Å²) in [5.74, 6) is 1.46. The van der Waals surface area contributed by atoms with Gasteiger partial charge in [0.25, 0.3) is 10.2 Å². The number of hydrogen-bond acceptors (Lipinski definition) is 6. The second-order valence-electron chi connectivity index (χ2n) is 7.40. The van der Waals surface area contributed by atoms with Crippen LogP contribution in [0, 0.1) is 13.8 Å². The first kappa shape index (κ1) is 18.1. The lowest BCUT2D eigenvalue weighted by Crippen LogP contribution is -2.53. The third-order valence-electron chi connectivity index (χ3n) is 5.51. The molecule has 1 unspecified atom stereocenters. The second-order valence-corrected chi connectivity index (χ2v) is 9.33. The summed E-state index contributed by atoms with van der Waals surface area (Å²) in [7, 11) is -3.28. The lowest BCUT2D eigenvalue weighted by Gasteiger charge is -2.36. The average Bonchev–Trinajstić information content (AvgIpc) is 3.25. The lowest BCUT2D eigenvalue weighted by molar-refractivity contribution is 0.116. The minimum absolute atomic E-state index is 0.0709. The van der Waals surface area contributed by atoms with E-state index in [4.69, 9.17) is 4.74 Å². The van der Waals surface area contributed by atoms with E-state index >= 15 is 0 Å². The van der Waals surface area contributed by atoms with Gasteiger partial charge in [0, 0.05) is 63.5 Å². The molecule has 1 aromatic rings. The van der Waals surface area contributed by atoms with Gasteiger partial charge in [0.15, 0.2) is 0 Å². The van der Waals surface area contributed by atoms with Gasteiger partial charge in [-0.05, 0) is 26.7 Å². The number of ether oxygens (including phenoxy) is 1. The van der Waals surface area contributed by atoms with Crippen molar-refractivity contribution in [3.8, 4) is 5.88 Å². The molecule has 2 fully saturated rings. The Bertz CT molecular complexity index is 771. The Morgan fingerprint density at radius 3 is 2.35 bits per heavy atom. The fraction of sp³-hybridized carbons (Fsp3) is 0.765. The zero-order valence-electron chi connectivity index (χ0n) is 15.5. The molecule has 3 aliphatic rings. The van der Waals surface area contributed by atoms with Gasteiger partial charge in [0.05, 0.1) is 0 Å². The highest BCUT2D eigenvalue weighted by atomic mass is 32.2. The smallest absolute Gasteiger partial charge is 0.282 e. The Balaban J connectivity index is 1.32.